The summed E-state index contributed by atoms with van der Waals surface area (Å²) in [4.78, 5) is 14.5. The second kappa shape index (κ2) is 9.14. The van der Waals surface area contributed by atoms with Crippen molar-refractivity contribution in [2.24, 2.45) is 0 Å². The molecule has 0 aliphatic carbocycles. The van der Waals surface area contributed by atoms with Crippen molar-refractivity contribution < 1.29 is 23.1 Å². The molecule has 1 aliphatic heterocycles. The van der Waals surface area contributed by atoms with E-state index in [-0.39, 0.29) is 12.1 Å². The largest absolute Gasteiger partial charge is 0.460 e. The first kappa shape index (κ1) is 21.4. The number of nitrogens with zero attached hydrogens (tertiary/aromatic N) is 1. The highest BCUT2D eigenvalue weighted by Crippen LogP contribution is 2.50. The van der Waals surface area contributed by atoms with Crippen LogP contribution in [0.2, 0.25) is 0 Å². The van der Waals surface area contributed by atoms with Crippen LogP contribution in [0.1, 0.15) is 11.1 Å². The number of carbonyl (C=O) groups excluding carboxylic acids is 1. The maximum atomic E-state index is 13.2. The number of amides is 1. The molecule has 1 amide bonds. The molecule has 4 rings (SSSR count). The first-order valence-electron chi connectivity index (χ1n) is 10.1. The third-order valence-corrected chi connectivity index (χ3v) is 7.31. The Morgan fingerprint density at radius 2 is 2.03 bits per heavy atom. The van der Waals surface area contributed by atoms with Crippen LogP contribution < -0.4 is 9.84 Å². The summed E-state index contributed by atoms with van der Waals surface area (Å²) in [7, 11) is -0.334. The minimum Gasteiger partial charge on any atom is -0.447 e. The van der Waals surface area contributed by atoms with Gasteiger partial charge in [-0.3, -0.25) is 4.52 Å². The molecule has 0 saturated carbocycles. The van der Waals surface area contributed by atoms with Gasteiger partial charge in [-0.2, -0.15) is 0 Å². The molecule has 0 spiro atoms. The lowest BCUT2D eigenvalue weighted by atomic mass is 10.0. The fourth-order valence-electron chi connectivity index (χ4n) is 3.65. The highest BCUT2D eigenvalue weighted by Gasteiger charge is 2.31. The van der Waals surface area contributed by atoms with Crippen molar-refractivity contribution in [3.05, 3.63) is 65.9 Å². The van der Waals surface area contributed by atoms with E-state index in [4.69, 9.17) is 13.8 Å². The second-order valence-electron chi connectivity index (χ2n) is 7.52. The predicted molar refractivity (Wildman–Crippen MR) is 118 cm³/mol. The number of H-pyrrole nitrogens is 1. The maximum absolute atomic E-state index is 13.2. The van der Waals surface area contributed by atoms with Crippen LogP contribution >= 0.6 is 7.75 Å². The highest BCUT2D eigenvalue weighted by molar-refractivity contribution is 7.51. The van der Waals surface area contributed by atoms with Crippen LogP contribution in [0.15, 0.2) is 54.7 Å². The molecule has 2 heterocycles. The lowest BCUT2D eigenvalue weighted by molar-refractivity contribution is 0.177. The van der Waals surface area contributed by atoms with Crippen molar-refractivity contribution in [1.82, 2.24) is 15.0 Å². The zero-order chi connectivity index (χ0) is 21.8. The topological polar surface area (TPSA) is 92.9 Å². The van der Waals surface area contributed by atoms with Gasteiger partial charge in [-0.15, -0.1) is 0 Å². The number of aromatic amines is 1. The monoisotopic (exact) mass is 443 g/mol. The van der Waals surface area contributed by atoms with Crippen molar-refractivity contribution in [2.75, 3.05) is 27.3 Å². The number of nitrogens with one attached hydrogen (secondary N) is 2. The summed E-state index contributed by atoms with van der Waals surface area (Å²) in [6.45, 7) is 0.872. The first-order chi connectivity index (χ1) is 15.0. The Bertz CT molecular complexity index is 1100. The average Bonchev–Trinajstić information content (AvgIpc) is 3.38. The average molecular weight is 443 g/mol. The Hall–Kier alpha value is -2.80. The quantitative estimate of drug-likeness (QED) is 0.483. The molecule has 3 aromatic rings. The van der Waals surface area contributed by atoms with E-state index in [0.29, 0.717) is 31.7 Å². The van der Waals surface area contributed by atoms with Gasteiger partial charge in [0.05, 0.1) is 6.04 Å². The second-order valence-corrected chi connectivity index (χ2v) is 9.69. The van der Waals surface area contributed by atoms with Gasteiger partial charge in [0.1, 0.15) is 12.4 Å². The van der Waals surface area contributed by atoms with Gasteiger partial charge in [-0.05, 0) is 55.3 Å². The fourth-order valence-corrected chi connectivity index (χ4v) is 4.87. The Labute approximate surface area is 181 Å². The van der Waals surface area contributed by atoms with Crippen LogP contribution in [0.25, 0.3) is 10.9 Å². The van der Waals surface area contributed by atoms with Gasteiger partial charge in [0.15, 0.2) is 0 Å². The minimum absolute atomic E-state index is 0.0128. The van der Waals surface area contributed by atoms with E-state index in [2.05, 4.69) is 16.4 Å². The number of hydrogen-bond acceptors (Lipinski definition) is 5. The SMILES string of the molecule is COP(=O)(Oc1ccccc1)N(C)CCc1c[nH]c2ccc(CC3COC(=O)N3)cc12. The number of fused-ring (bicyclic) bond motifs is 1. The zero-order valence-corrected chi connectivity index (χ0v) is 18.4. The highest BCUT2D eigenvalue weighted by atomic mass is 31.2. The van der Waals surface area contributed by atoms with E-state index in [1.165, 1.54) is 7.11 Å². The van der Waals surface area contributed by atoms with Crippen LogP contribution in [-0.2, 0) is 26.7 Å². The summed E-state index contributed by atoms with van der Waals surface area (Å²) < 4.78 is 30.7. The van der Waals surface area contributed by atoms with E-state index in [9.17, 15) is 9.36 Å². The third-order valence-electron chi connectivity index (χ3n) is 5.37. The molecule has 31 heavy (non-hydrogen) atoms. The maximum Gasteiger partial charge on any atom is 0.460 e. The van der Waals surface area contributed by atoms with Crippen LogP contribution in [0.5, 0.6) is 5.75 Å². The molecule has 8 nitrogen and oxygen atoms in total. The smallest absolute Gasteiger partial charge is 0.447 e. The molecule has 1 fully saturated rings. The summed E-state index contributed by atoms with van der Waals surface area (Å²) in [5, 5.41) is 3.91. The van der Waals surface area contributed by atoms with Crippen molar-refractivity contribution in [3.63, 3.8) is 0 Å². The summed E-state index contributed by atoms with van der Waals surface area (Å²) in [5.41, 5.74) is 3.26. The molecular weight excluding hydrogens is 417 g/mol. The van der Waals surface area contributed by atoms with E-state index in [1.807, 2.05) is 36.5 Å². The summed E-state index contributed by atoms with van der Waals surface area (Å²) in [6.07, 6.45) is 2.97. The molecule has 2 unspecified atom stereocenters. The normalized spacial score (nSPS) is 18.0. The molecule has 0 bridgehead atoms. The summed E-state index contributed by atoms with van der Waals surface area (Å²) in [5.74, 6) is 0.499. The van der Waals surface area contributed by atoms with Crippen molar-refractivity contribution in [2.45, 2.75) is 18.9 Å². The standard InChI is InChI=1S/C22H26N3O5P/c1-25(31(27,28-2)30-19-6-4-3-5-7-19)11-10-17-14-23-21-9-8-16(13-20(17)21)12-18-15-29-22(26)24-18/h3-9,13-14,18,23H,10-12,15H2,1-2H3,(H,24,26). The molecule has 1 saturated heterocycles. The number of para-hydroxylation sites is 1. The van der Waals surface area contributed by atoms with Crippen molar-refractivity contribution >= 4 is 24.7 Å². The molecule has 1 aromatic heterocycles. The van der Waals surface area contributed by atoms with E-state index < -0.39 is 7.75 Å². The molecule has 1 aliphatic rings. The van der Waals surface area contributed by atoms with Gasteiger partial charge < -0.3 is 19.6 Å². The summed E-state index contributed by atoms with van der Waals surface area (Å²) >= 11 is 0. The molecule has 0 radical (unpaired) electrons. The third kappa shape index (κ3) is 4.93. The Morgan fingerprint density at radius 1 is 1.23 bits per heavy atom. The minimum atomic E-state index is -3.46. The van der Waals surface area contributed by atoms with Gasteiger partial charge in [0, 0.05) is 30.8 Å². The van der Waals surface area contributed by atoms with E-state index in [1.54, 1.807) is 23.9 Å². The van der Waals surface area contributed by atoms with E-state index in [0.717, 1.165) is 22.0 Å². The van der Waals surface area contributed by atoms with Crippen LogP contribution in [0, 0.1) is 0 Å². The zero-order valence-electron chi connectivity index (χ0n) is 17.5. The van der Waals surface area contributed by atoms with Gasteiger partial charge in [-0.1, -0.05) is 24.3 Å². The van der Waals surface area contributed by atoms with Gasteiger partial charge >= 0.3 is 13.8 Å². The predicted octanol–water partition coefficient (Wildman–Crippen LogP) is 4.13. The first-order valence-corrected chi connectivity index (χ1v) is 11.6. The Balaban J connectivity index is 1.44. The summed E-state index contributed by atoms with van der Waals surface area (Å²) in [6, 6.07) is 15.2. The fraction of sp³-hybridized carbons (Fsp3) is 0.318. The number of ether oxygens (including phenoxy) is 1. The molecule has 2 aromatic carbocycles. The number of aromatic nitrogens is 1. The number of carbonyl (C=O) groups is 1. The Morgan fingerprint density at radius 3 is 2.74 bits per heavy atom. The number of benzene rings is 2. The lowest BCUT2D eigenvalue weighted by Crippen LogP contribution is -2.28. The molecule has 9 heteroatoms. The van der Waals surface area contributed by atoms with Crippen LogP contribution in [0.4, 0.5) is 4.79 Å². The van der Waals surface area contributed by atoms with Gasteiger partial charge in [0.25, 0.3) is 0 Å². The number of alkyl carbamates (subject to hydrolysis) is 1. The van der Waals surface area contributed by atoms with Crippen LogP contribution in [-0.4, -0.2) is 49.1 Å². The molecule has 2 atom stereocenters. The number of rotatable bonds is 9. The van der Waals surface area contributed by atoms with E-state index >= 15 is 0 Å². The number of likely N-dealkylation sites (N-methyl/N-ethyl adjacent to an activating group) is 1. The molecule has 164 valence electrons. The van der Waals surface area contributed by atoms with Crippen LogP contribution in [0.3, 0.4) is 0 Å². The molecular formula is C22H26N3O5P. The van der Waals surface area contributed by atoms with Gasteiger partial charge in [-0.25, -0.2) is 14.0 Å². The Kier molecular flexibility index (Phi) is 6.32. The lowest BCUT2D eigenvalue weighted by Gasteiger charge is -2.25. The van der Waals surface area contributed by atoms with Gasteiger partial charge in [0.2, 0.25) is 0 Å². The number of hydrogen-bond donors (Lipinski definition) is 2. The van der Waals surface area contributed by atoms with Crippen molar-refractivity contribution in [3.8, 4) is 5.75 Å². The number of cyclic esters (lactones) is 1. The van der Waals surface area contributed by atoms with Crippen molar-refractivity contribution in [1.29, 1.82) is 0 Å². The molecule has 2 N–H and O–H groups in total.